The number of carbonyl (C=O) groups excluding carboxylic acids is 1. The van der Waals surface area contributed by atoms with Crippen molar-refractivity contribution in [2.45, 2.75) is 19.1 Å². The zero-order chi connectivity index (χ0) is 23.0. The number of ether oxygens (including phenoxy) is 2. The van der Waals surface area contributed by atoms with Crippen molar-refractivity contribution in [3.05, 3.63) is 95.3 Å². The van der Waals surface area contributed by atoms with Crippen molar-refractivity contribution < 1.29 is 14.3 Å². The molecule has 1 atom stereocenters. The number of amides is 1. The highest BCUT2D eigenvalue weighted by atomic mass is 16.5. The van der Waals surface area contributed by atoms with Crippen LogP contribution in [0.5, 0.6) is 5.75 Å². The summed E-state index contributed by atoms with van der Waals surface area (Å²) in [6, 6.07) is 24.3. The molecule has 6 heteroatoms. The lowest BCUT2D eigenvalue weighted by Gasteiger charge is -2.33. The summed E-state index contributed by atoms with van der Waals surface area (Å²) in [4.78, 5) is 21.7. The van der Waals surface area contributed by atoms with Crippen molar-refractivity contribution in [1.29, 1.82) is 0 Å². The molecule has 33 heavy (non-hydrogen) atoms. The van der Waals surface area contributed by atoms with Crippen molar-refractivity contribution >= 4 is 5.91 Å². The number of rotatable bonds is 8. The monoisotopic (exact) mass is 445 g/mol. The minimum atomic E-state index is -0.206. The predicted octanol–water partition coefficient (Wildman–Crippen LogP) is 3.71. The largest absolute Gasteiger partial charge is 0.497 e. The molecule has 0 bridgehead atoms. The fraction of sp³-hybridized carbons (Fsp3) is 0.333. The molecule has 1 aliphatic rings. The van der Waals surface area contributed by atoms with Crippen LogP contribution in [-0.2, 0) is 22.5 Å². The van der Waals surface area contributed by atoms with E-state index in [-0.39, 0.29) is 12.0 Å². The molecule has 2 heterocycles. The van der Waals surface area contributed by atoms with E-state index < -0.39 is 0 Å². The van der Waals surface area contributed by atoms with Gasteiger partial charge in [-0.15, -0.1) is 0 Å². The Bertz CT molecular complexity index is 1060. The summed E-state index contributed by atoms with van der Waals surface area (Å²) in [5.41, 5.74) is 4.22. The summed E-state index contributed by atoms with van der Waals surface area (Å²) in [6.45, 7) is 2.67. The first-order valence-corrected chi connectivity index (χ1v) is 11.3. The number of aromatic nitrogens is 1. The van der Waals surface area contributed by atoms with Gasteiger partial charge in [0, 0.05) is 25.2 Å². The number of carbonyl (C=O) groups is 1. The molecule has 0 aliphatic carbocycles. The first-order chi connectivity index (χ1) is 16.1. The molecule has 0 radical (unpaired) electrons. The summed E-state index contributed by atoms with van der Waals surface area (Å²) in [7, 11) is 3.62. The molecule has 6 nitrogen and oxygen atoms in total. The third-order valence-electron chi connectivity index (χ3n) is 5.80. The van der Waals surface area contributed by atoms with Crippen LogP contribution in [0.1, 0.15) is 28.6 Å². The maximum atomic E-state index is 13.0. The van der Waals surface area contributed by atoms with Crippen LogP contribution in [0.3, 0.4) is 0 Å². The maximum Gasteiger partial charge on any atom is 0.236 e. The van der Waals surface area contributed by atoms with Gasteiger partial charge in [0.1, 0.15) is 11.9 Å². The van der Waals surface area contributed by atoms with Crippen LogP contribution in [0, 0.1) is 0 Å². The molecule has 1 saturated heterocycles. The molecule has 2 aromatic carbocycles. The van der Waals surface area contributed by atoms with Gasteiger partial charge in [0.05, 0.1) is 32.5 Å². The maximum absolute atomic E-state index is 13.0. The summed E-state index contributed by atoms with van der Waals surface area (Å²) in [5.74, 6) is 0.930. The minimum absolute atomic E-state index is 0.106. The highest BCUT2D eigenvalue weighted by Gasteiger charge is 2.27. The van der Waals surface area contributed by atoms with Crippen LogP contribution in [0.4, 0.5) is 0 Å². The molecule has 1 fully saturated rings. The predicted molar refractivity (Wildman–Crippen MR) is 128 cm³/mol. The number of hydrogen-bond donors (Lipinski definition) is 0. The second-order valence-electron chi connectivity index (χ2n) is 8.44. The fourth-order valence-electron chi connectivity index (χ4n) is 4.10. The fourth-order valence-corrected chi connectivity index (χ4v) is 4.10. The van der Waals surface area contributed by atoms with Crippen molar-refractivity contribution in [3.8, 4) is 5.75 Å². The van der Waals surface area contributed by atoms with E-state index in [0.29, 0.717) is 32.8 Å². The van der Waals surface area contributed by atoms with E-state index in [0.717, 1.165) is 29.1 Å². The normalized spacial score (nSPS) is 16.1. The molecular weight excluding hydrogens is 414 g/mol. The molecule has 0 saturated carbocycles. The lowest BCUT2D eigenvalue weighted by Crippen LogP contribution is -2.46. The van der Waals surface area contributed by atoms with Gasteiger partial charge in [-0.2, -0.15) is 0 Å². The zero-order valence-electron chi connectivity index (χ0n) is 19.3. The van der Waals surface area contributed by atoms with Crippen LogP contribution >= 0.6 is 0 Å². The Morgan fingerprint density at radius 2 is 1.88 bits per heavy atom. The van der Waals surface area contributed by atoms with Crippen molar-refractivity contribution in [2.24, 2.45) is 0 Å². The summed E-state index contributed by atoms with van der Waals surface area (Å²) >= 11 is 0. The second kappa shape index (κ2) is 11.1. The van der Waals surface area contributed by atoms with Crippen LogP contribution in [0.2, 0.25) is 0 Å². The van der Waals surface area contributed by atoms with Crippen LogP contribution in [0.15, 0.2) is 72.8 Å². The van der Waals surface area contributed by atoms with Gasteiger partial charge in [0.25, 0.3) is 0 Å². The lowest BCUT2D eigenvalue weighted by molar-refractivity contribution is -0.140. The van der Waals surface area contributed by atoms with Gasteiger partial charge >= 0.3 is 0 Å². The van der Waals surface area contributed by atoms with Gasteiger partial charge in [0.2, 0.25) is 5.91 Å². The molecule has 0 N–H and O–H groups in total. The van der Waals surface area contributed by atoms with Gasteiger partial charge in [-0.1, -0.05) is 48.5 Å². The number of morpholine rings is 1. The molecule has 1 aromatic heterocycles. The Balaban J connectivity index is 1.35. The lowest BCUT2D eigenvalue weighted by atomic mass is 10.1. The number of pyridine rings is 1. The number of nitrogens with zero attached hydrogens (tertiary/aromatic N) is 3. The number of hydrogen-bond acceptors (Lipinski definition) is 5. The molecule has 0 unspecified atom stereocenters. The van der Waals surface area contributed by atoms with E-state index in [4.69, 9.17) is 14.5 Å². The van der Waals surface area contributed by atoms with Crippen molar-refractivity contribution in [1.82, 2.24) is 14.8 Å². The van der Waals surface area contributed by atoms with Gasteiger partial charge in [-0.05, 0) is 42.4 Å². The first-order valence-electron chi connectivity index (χ1n) is 11.3. The Morgan fingerprint density at radius 3 is 2.70 bits per heavy atom. The van der Waals surface area contributed by atoms with E-state index in [1.807, 2.05) is 77.5 Å². The third kappa shape index (κ3) is 6.40. The average molecular weight is 446 g/mol. The molecular formula is C27H31N3O3. The summed E-state index contributed by atoms with van der Waals surface area (Å²) in [6.07, 6.45) is 0.571. The van der Waals surface area contributed by atoms with Crippen LogP contribution in [0.25, 0.3) is 0 Å². The van der Waals surface area contributed by atoms with Gasteiger partial charge in [-0.25, -0.2) is 0 Å². The Hall–Kier alpha value is -3.22. The van der Waals surface area contributed by atoms with E-state index in [1.165, 1.54) is 5.56 Å². The number of methoxy groups -OCH3 is 1. The van der Waals surface area contributed by atoms with Gasteiger partial charge in [-0.3, -0.25) is 14.7 Å². The average Bonchev–Trinajstić information content (AvgIpc) is 2.85. The van der Waals surface area contributed by atoms with E-state index in [9.17, 15) is 4.79 Å². The van der Waals surface area contributed by atoms with Gasteiger partial charge in [0.15, 0.2) is 0 Å². The highest BCUT2D eigenvalue weighted by molar-refractivity contribution is 5.78. The topological polar surface area (TPSA) is 54.9 Å². The van der Waals surface area contributed by atoms with Crippen LogP contribution in [-0.4, -0.2) is 61.1 Å². The SMILES string of the molecule is COc1cccc(CN(C)CC(=O)N2CCO[C@@H](c3cccc(Cc4ccccc4)n3)C2)c1. The molecule has 1 aliphatic heterocycles. The minimum Gasteiger partial charge on any atom is -0.497 e. The smallest absolute Gasteiger partial charge is 0.236 e. The molecule has 4 rings (SSSR count). The third-order valence-corrected chi connectivity index (χ3v) is 5.80. The van der Waals surface area contributed by atoms with E-state index in [2.05, 4.69) is 12.1 Å². The molecule has 1 amide bonds. The van der Waals surface area contributed by atoms with E-state index >= 15 is 0 Å². The second-order valence-corrected chi connectivity index (χ2v) is 8.44. The van der Waals surface area contributed by atoms with Crippen molar-refractivity contribution in [2.75, 3.05) is 40.4 Å². The molecule has 3 aromatic rings. The summed E-state index contributed by atoms with van der Waals surface area (Å²) in [5, 5.41) is 0. The standard InChI is InChI=1S/C27H31N3O3/c1-29(18-22-10-6-12-24(17-22)32-2)20-27(31)30-14-15-33-26(19-30)25-13-7-11-23(28-25)16-21-8-4-3-5-9-21/h3-13,17,26H,14-16,18-20H2,1-2H3/t26-/m1/s1. The van der Waals surface area contributed by atoms with Gasteiger partial charge < -0.3 is 14.4 Å². The molecule has 0 spiro atoms. The first kappa shape index (κ1) is 23.0. The quantitative estimate of drug-likeness (QED) is 0.529. The van der Waals surface area contributed by atoms with Crippen LogP contribution < -0.4 is 4.74 Å². The highest BCUT2D eigenvalue weighted by Crippen LogP contribution is 2.22. The Labute approximate surface area is 195 Å². The number of likely N-dealkylation sites (N-methyl/N-ethyl adjacent to an activating group) is 1. The summed E-state index contributed by atoms with van der Waals surface area (Å²) < 4.78 is 11.3. The Kier molecular flexibility index (Phi) is 7.70. The Morgan fingerprint density at radius 1 is 1.09 bits per heavy atom. The number of benzene rings is 2. The van der Waals surface area contributed by atoms with E-state index in [1.54, 1.807) is 7.11 Å². The zero-order valence-corrected chi connectivity index (χ0v) is 19.3. The van der Waals surface area contributed by atoms with Crippen molar-refractivity contribution in [3.63, 3.8) is 0 Å². The molecule has 172 valence electrons.